The molecule has 1 heterocycles. The van der Waals surface area contributed by atoms with Crippen LogP contribution in [0.25, 0.3) is 0 Å². The lowest BCUT2D eigenvalue weighted by atomic mass is 9.87. The molecule has 47 heavy (non-hydrogen) atoms. The van der Waals surface area contributed by atoms with E-state index in [1.807, 2.05) is 12.2 Å². The number of carbonyl (C=O) groups excluding carboxylic acids is 2. The van der Waals surface area contributed by atoms with Crippen LogP contribution in [0.4, 0.5) is 0 Å². The first-order valence-corrected chi connectivity index (χ1v) is 18.7. The summed E-state index contributed by atoms with van der Waals surface area (Å²) in [6, 6.07) is 0. The van der Waals surface area contributed by atoms with Crippen molar-refractivity contribution in [3.63, 3.8) is 0 Å². The smallest absolute Gasteiger partial charge is 0.306 e. The molecule has 9 nitrogen and oxygen atoms in total. The Labute approximate surface area is 285 Å². The average Bonchev–Trinajstić information content (AvgIpc) is 3.05. The molecule has 1 fully saturated rings. The lowest BCUT2D eigenvalue weighted by molar-refractivity contribution is -0.199. The number of allylic oxidation sites excluding steroid dienone is 2. The molecule has 0 bridgehead atoms. The second-order valence-electron chi connectivity index (χ2n) is 13.4. The summed E-state index contributed by atoms with van der Waals surface area (Å²) >= 11 is 0. The van der Waals surface area contributed by atoms with Crippen molar-refractivity contribution in [3.8, 4) is 0 Å². The van der Waals surface area contributed by atoms with Crippen molar-refractivity contribution in [3.05, 3.63) is 24.3 Å². The van der Waals surface area contributed by atoms with Gasteiger partial charge in [0.15, 0.2) is 12.4 Å². The minimum atomic E-state index is -1.05. The molecule has 1 rings (SSSR count). The third-order valence-electron chi connectivity index (χ3n) is 9.08. The Hall–Kier alpha value is -1.78. The van der Waals surface area contributed by atoms with Gasteiger partial charge in [-0.1, -0.05) is 122 Å². The summed E-state index contributed by atoms with van der Waals surface area (Å²) in [6.45, 7) is 6.12. The average molecular weight is 669 g/mol. The molecule has 7 atom stereocenters. The Morgan fingerprint density at radius 3 is 2.21 bits per heavy atom. The predicted molar refractivity (Wildman–Crippen MR) is 185 cm³/mol. The summed E-state index contributed by atoms with van der Waals surface area (Å²) in [5.74, 6) is -0.216. The molecule has 0 aromatic heterocycles. The molecule has 0 aromatic carbocycles. The molecule has 0 radical (unpaired) electrons. The van der Waals surface area contributed by atoms with Crippen molar-refractivity contribution < 1.29 is 44.2 Å². The number of esters is 2. The summed E-state index contributed by atoms with van der Waals surface area (Å²) in [5.41, 5.74) is 0. The molecule has 0 amide bonds. The molecule has 1 aliphatic heterocycles. The Bertz CT molecular complexity index is 845. The van der Waals surface area contributed by atoms with Crippen molar-refractivity contribution in [2.24, 2.45) is 11.8 Å². The number of hydrogen-bond acceptors (Lipinski definition) is 9. The zero-order chi connectivity index (χ0) is 34.7. The third kappa shape index (κ3) is 22.5. The van der Waals surface area contributed by atoms with Gasteiger partial charge in [-0.25, -0.2) is 0 Å². The van der Waals surface area contributed by atoms with Crippen LogP contribution in [0.5, 0.6) is 0 Å². The summed E-state index contributed by atoms with van der Waals surface area (Å²) in [5, 5.41) is 40.3. The van der Waals surface area contributed by atoms with Gasteiger partial charge in [-0.2, -0.15) is 0 Å². The maximum Gasteiger partial charge on any atom is 0.306 e. The Kier molecular flexibility index (Phi) is 25.9. The quantitative estimate of drug-likeness (QED) is 0.0391. The van der Waals surface area contributed by atoms with E-state index in [0.29, 0.717) is 32.1 Å². The standard InChI is InChI=1S/C38H68O9/c1-4-6-15-21-31(40)25-26-35-33(34(41)27-38(44)47-35)22-17-13-14-19-24-37(43)46-32(28-39)29-45-36(42)23-18-12-10-8-7-9-11-16-20-30(3)5-2/h13,17,25-26,30-35,38-41,44H,4-12,14-16,18-24,27-29H2,1-3H3/b17-13-,26-25+/t30?,31-,32-,33-,34-,35+,38?/m0/s1. The van der Waals surface area contributed by atoms with E-state index in [2.05, 4.69) is 20.8 Å². The predicted octanol–water partition coefficient (Wildman–Crippen LogP) is 7.08. The molecular weight excluding hydrogens is 600 g/mol. The van der Waals surface area contributed by atoms with Crippen LogP contribution in [0.3, 0.4) is 0 Å². The van der Waals surface area contributed by atoms with Crippen LogP contribution >= 0.6 is 0 Å². The van der Waals surface area contributed by atoms with E-state index < -0.39 is 43.3 Å². The van der Waals surface area contributed by atoms with E-state index in [9.17, 15) is 30.0 Å². The molecule has 0 aliphatic carbocycles. The van der Waals surface area contributed by atoms with Gasteiger partial charge in [0.05, 0.1) is 24.9 Å². The van der Waals surface area contributed by atoms with Crippen LogP contribution in [0.2, 0.25) is 0 Å². The third-order valence-corrected chi connectivity index (χ3v) is 9.08. The normalized spacial score (nSPS) is 22.0. The minimum absolute atomic E-state index is 0.133. The fourth-order valence-electron chi connectivity index (χ4n) is 5.74. The highest BCUT2D eigenvalue weighted by atomic mass is 16.6. The monoisotopic (exact) mass is 668 g/mol. The maximum absolute atomic E-state index is 12.3. The highest BCUT2D eigenvalue weighted by Gasteiger charge is 2.35. The van der Waals surface area contributed by atoms with Crippen molar-refractivity contribution in [1.29, 1.82) is 0 Å². The van der Waals surface area contributed by atoms with Crippen LogP contribution in [-0.2, 0) is 23.8 Å². The van der Waals surface area contributed by atoms with Crippen molar-refractivity contribution in [2.75, 3.05) is 13.2 Å². The fourth-order valence-corrected chi connectivity index (χ4v) is 5.74. The van der Waals surface area contributed by atoms with E-state index >= 15 is 0 Å². The number of carbonyl (C=O) groups is 2. The summed E-state index contributed by atoms with van der Waals surface area (Å²) in [6.07, 6.45) is 21.4. The van der Waals surface area contributed by atoms with Crippen LogP contribution < -0.4 is 0 Å². The zero-order valence-corrected chi connectivity index (χ0v) is 29.7. The zero-order valence-electron chi connectivity index (χ0n) is 29.7. The lowest BCUT2D eigenvalue weighted by Crippen LogP contribution is -2.43. The number of aliphatic hydroxyl groups excluding tert-OH is 4. The van der Waals surface area contributed by atoms with Crippen LogP contribution in [-0.4, -0.2) is 76.3 Å². The Morgan fingerprint density at radius 1 is 0.872 bits per heavy atom. The fraction of sp³-hybridized carbons (Fsp3) is 0.842. The van der Waals surface area contributed by atoms with Gasteiger partial charge in [-0.15, -0.1) is 0 Å². The van der Waals surface area contributed by atoms with Crippen LogP contribution in [0.15, 0.2) is 24.3 Å². The molecule has 4 N–H and O–H groups in total. The SMILES string of the molecule is CCCCC[C@H](O)/C=C/[C@H]1OC(O)C[C@H](O)[C@@H]1C/C=C\CCCC(=O)O[C@@H](CO)COC(=O)CCCCCCCCCCC(C)CC. The van der Waals surface area contributed by atoms with E-state index in [-0.39, 0.29) is 31.3 Å². The second-order valence-corrected chi connectivity index (χ2v) is 13.4. The number of ether oxygens (including phenoxy) is 3. The van der Waals surface area contributed by atoms with E-state index in [0.717, 1.165) is 44.4 Å². The van der Waals surface area contributed by atoms with Gasteiger partial charge in [0.25, 0.3) is 0 Å². The first-order chi connectivity index (χ1) is 22.7. The van der Waals surface area contributed by atoms with Gasteiger partial charge in [-0.05, 0) is 38.0 Å². The van der Waals surface area contributed by atoms with Gasteiger partial charge in [0, 0.05) is 25.2 Å². The van der Waals surface area contributed by atoms with Crippen molar-refractivity contribution in [1.82, 2.24) is 0 Å². The van der Waals surface area contributed by atoms with E-state index in [4.69, 9.17) is 14.2 Å². The van der Waals surface area contributed by atoms with Crippen molar-refractivity contribution in [2.45, 2.75) is 180 Å². The molecule has 274 valence electrons. The molecule has 0 aromatic rings. The van der Waals surface area contributed by atoms with E-state index in [1.165, 1.54) is 44.9 Å². The van der Waals surface area contributed by atoms with Gasteiger partial charge in [-0.3, -0.25) is 9.59 Å². The number of unbranched alkanes of at least 4 members (excludes halogenated alkanes) is 10. The van der Waals surface area contributed by atoms with Gasteiger partial charge in [0.2, 0.25) is 0 Å². The summed E-state index contributed by atoms with van der Waals surface area (Å²) < 4.78 is 16.2. The molecular formula is C38H68O9. The van der Waals surface area contributed by atoms with E-state index in [1.54, 1.807) is 12.2 Å². The van der Waals surface area contributed by atoms with Crippen LogP contribution in [0.1, 0.15) is 149 Å². The molecule has 9 heteroatoms. The Morgan fingerprint density at radius 2 is 1.53 bits per heavy atom. The molecule has 1 aliphatic rings. The first kappa shape index (κ1) is 43.2. The topological polar surface area (TPSA) is 143 Å². The Balaban J connectivity index is 2.21. The first-order valence-electron chi connectivity index (χ1n) is 18.7. The maximum atomic E-state index is 12.3. The number of aliphatic hydroxyl groups is 4. The molecule has 0 spiro atoms. The van der Waals surface area contributed by atoms with Crippen molar-refractivity contribution >= 4 is 11.9 Å². The van der Waals surface area contributed by atoms with Gasteiger partial charge >= 0.3 is 11.9 Å². The second kappa shape index (κ2) is 28.1. The minimum Gasteiger partial charge on any atom is -0.462 e. The highest BCUT2D eigenvalue weighted by molar-refractivity contribution is 5.70. The largest absolute Gasteiger partial charge is 0.462 e. The van der Waals surface area contributed by atoms with Crippen LogP contribution in [0, 0.1) is 11.8 Å². The number of rotatable bonds is 28. The molecule has 0 saturated carbocycles. The number of hydrogen-bond donors (Lipinski definition) is 4. The summed E-state index contributed by atoms with van der Waals surface area (Å²) in [7, 11) is 0. The van der Waals surface area contributed by atoms with Gasteiger partial charge < -0.3 is 34.6 Å². The molecule has 1 saturated heterocycles. The highest BCUT2D eigenvalue weighted by Crippen LogP contribution is 2.29. The molecule has 2 unspecified atom stereocenters. The van der Waals surface area contributed by atoms with Gasteiger partial charge in [0.1, 0.15) is 6.61 Å². The summed E-state index contributed by atoms with van der Waals surface area (Å²) in [4.78, 5) is 24.4. The lowest BCUT2D eigenvalue weighted by Gasteiger charge is -2.36.